The molecule has 0 radical (unpaired) electrons. The maximum atomic E-state index is 11.5. The molecule has 0 aromatic heterocycles. The fourth-order valence-electron chi connectivity index (χ4n) is 1.63. The number of para-hydroxylation sites is 1. The lowest BCUT2D eigenvalue weighted by Gasteiger charge is -2.07. The third-order valence-electron chi connectivity index (χ3n) is 2.47. The van der Waals surface area contributed by atoms with E-state index in [1.54, 1.807) is 0 Å². The number of aryl methyl sites for hydroxylation is 1. The van der Waals surface area contributed by atoms with Gasteiger partial charge >= 0.3 is 6.09 Å². The predicted molar refractivity (Wildman–Crippen MR) is 71.4 cm³/mol. The first-order chi connectivity index (χ1) is 8.74. The highest BCUT2D eigenvalue weighted by atomic mass is 16.5. The number of carbonyl (C=O) groups excluding carboxylic acids is 1. The largest absolute Gasteiger partial charge is 0.444 e. The number of rotatable bonds is 3. The molecule has 0 aliphatic carbocycles. The van der Waals surface area contributed by atoms with Crippen molar-refractivity contribution in [3.05, 3.63) is 65.7 Å². The lowest BCUT2D eigenvalue weighted by atomic mass is 10.1. The molecule has 0 saturated heterocycles. The molecule has 2 aromatic carbocycles. The average Bonchev–Trinajstić information content (AvgIpc) is 2.38. The minimum atomic E-state index is -0.442. The number of carbonyl (C=O) groups is 1. The van der Waals surface area contributed by atoms with Gasteiger partial charge in [-0.1, -0.05) is 48.0 Å². The third-order valence-corrected chi connectivity index (χ3v) is 2.47. The summed E-state index contributed by atoms with van der Waals surface area (Å²) >= 11 is 0. The molecule has 0 atom stereocenters. The van der Waals surface area contributed by atoms with E-state index in [1.165, 1.54) is 0 Å². The maximum Gasteiger partial charge on any atom is 0.411 e. The van der Waals surface area contributed by atoms with Crippen molar-refractivity contribution in [1.29, 1.82) is 0 Å². The normalized spacial score (nSPS) is 9.83. The molecule has 0 bridgehead atoms. The van der Waals surface area contributed by atoms with E-state index in [4.69, 9.17) is 4.74 Å². The molecule has 92 valence electrons. The van der Waals surface area contributed by atoms with E-state index >= 15 is 0 Å². The Morgan fingerprint density at radius 1 is 1.11 bits per heavy atom. The van der Waals surface area contributed by atoms with Gasteiger partial charge < -0.3 is 4.74 Å². The van der Waals surface area contributed by atoms with Crippen LogP contribution in [-0.2, 0) is 11.3 Å². The Morgan fingerprint density at radius 2 is 1.89 bits per heavy atom. The summed E-state index contributed by atoms with van der Waals surface area (Å²) in [4.78, 5) is 11.5. The summed E-state index contributed by atoms with van der Waals surface area (Å²) < 4.78 is 5.14. The van der Waals surface area contributed by atoms with Crippen LogP contribution in [0.25, 0.3) is 0 Å². The molecule has 0 aliphatic rings. The summed E-state index contributed by atoms with van der Waals surface area (Å²) in [6.07, 6.45) is -0.442. The highest BCUT2D eigenvalue weighted by molar-refractivity contribution is 5.84. The minimum Gasteiger partial charge on any atom is -0.444 e. The van der Waals surface area contributed by atoms with Gasteiger partial charge in [-0.25, -0.2) is 4.79 Å². The second-order valence-corrected chi connectivity index (χ2v) is 4.06. The van der Waals surface area contributed by atoms with Crippen LogP contribution >= 0.6 is 0 Å². The zero-order valence-electron chi connectivity index (χ0n) is 10.2. The van der Waals surface area contributed by atoms with Crippen LogP contribution in [0.5, 0.6) is 0 Å². The molecular formula is C15H15NO2. The molecule has 2 aromatic rings. The van der Waals surface area contributed by atoms with Crippen LogP contribution in [0.4, 0.5) is 10.5 Å². The van der Waals surface area contributed by atoms with Gasteiger partial charge in [0.2, 0.25) is 0 Å². The van der Waals surface area contributed by atoms with Crippen LogP contribution in [0, 0.1) is 6.92 Å². The monoisotopic (exact) mass is 241 g/mol. The summed E-state index contributed by atoms with van der Waals surface area (Å²) in [6, 6.07) is 17.1. The van der Waals surface area contributed by atoms with Crippen LogP contribution in [0.3, 0.4) is 0 Å². The van der Waals surface area contributed by atoms with Crippen LogP contribution in [0.15, 0.2) is 54.6 Å². The Hall–Kier alpha value is -2.29. The summed E-state index contributed by atoms with van der Waals surface area (Å²) in [5.74, 6) is 0. The Kier molecular flexibility index (Phi) is 3.97. The van der Waals surface area contributed by atoms with Gasteiger partial charge in [-0.05, 0) is 24.6 Å². The third kappa shape index (κ3) is 3.63. The number of hydrogen-bond acceptors (Lipinski definition) is 2. The van der Waals surface area contributed by atoms with E-state index < -0.39 is 6.09 Å². The first-order valence-electron chi connectivity index (χ1n) is 5.78. The Labute approximate surface area is 106 Å². The standard InChI is InChI=1S/C15H15NO2/c1-12-6-5-7-13(10-12)11-18-15(17)16-14-8-3-2-4-9-14/h2-10H,11H2,1H3,(H,16,17). The fraction of sp³-hybridized carbons (Fsp3) is 0.133. The zero-order valence-corrected chi connectivity index (χ0v) is 10.2. The maximum absolute atomic E-state index is 11.5. The molecule has 18 heavy (non-hydrogen) atoms. The van der Waals surface area contributed by atoms with Crippen molar-refractivity contribution in [3.63, 3.8) is 0 Å². The first kappa shape index (κ1) is 12.2. The fourth-order valence-corrected chi connectivity index (χ4v) is 1.63. The van der Waals surface area contributed by atoms with Crippen molar-refractivity contribution < 1.29 is 9.53 Å². The molecule has 0 spiro atoms. The van der Waals surface area contributed by atoms with E-state index in [0.717, 1.165) is 16.8 Å². The molecule has 0 fully saturated rings. The van der Waals surface area contributed by atoms with E-state index in [9.17, 15) is 4.79 Å². The van der Waals surface area contributed by atoms with E-state index in [-0.39, 0.29) is 6.61 Å². The summed E-state index contributed by atoms with van der Waals surface area (Å²) in [5.41, 5.74) is 2.87. The second kappa shape index (κ2) is 5.87. The highest BCUT2D eigenvalue weighted by Gasteiger charge is 2.03. The van der Waals surface area contributed by atoms with Crippen LogP contribution in [-0.4, -0.2) is 6.09 Å². The number of nitrogens with one attached hydrogen (secondary N) is 1. The molecule has 2 rings (SSSR count). The molecule has 1 N–H and O–H groups in total. The molecule has 0 unspecified atom stereocenters. The van der Waals surface area contributed by atoms with Crippen molar-refractivity contribution in [3.8, 4) is 0 Å². The topological polar surface area (TPSA) is 38.3 Å². The molecule has 1 amide bonds. The highest BCUT2D eigenvalue weighted by Crippen LogP contribution is 2.08. The van der Waals surface area contributed by atoms with Crippen LogP contribution in [0.1, 0.15) is 11.1 Å². The lowest BCUT2D eigenvalue weighted by molar-refractivity contribution is 0.155. The van der Waals surface area contributed by atoms with E-state index in [0.29, 0.717) is 0 Å². The number of ether oxygens (including phenoxy) is 1. The zero-order chi connectivity index (χ0) is 12.8. The summed E-state index contributed by atoms with van der Waals surface area (Å²) in [6.45, 7) is 2.29. The Bertz CT molecular complexity index is 523. The van der Waals surface area contributed by atoms with E-state index in [2.05, 4.69) is 5.32 Å². The van der Waals surface area contributed by atoms with E-state index in [1.807, 2.05) is 61.5 Å². The molecule has 0 aliphatic heterocycles. The predicted octanol–water partition coefficient (Wildman–Crippen LogP) is 3.74. The summed E-state index contributed by atoms with van der Waals surface area (Å²) in [7, 11) is 0. The molecule has 0 saturated carbocycles. The van der Waals surface area contributed by atoms with Gasteiger partial charge in [0.15, 0.2) is 0 Å². The van der Waals surface area contributed by atoms with Crippen molar-refractivity contribution >= 4 is 11.8 Å². The van der Waals surface area contributed by atoms with Gasteiger partial charge in [-0.2, -0.15) is 0 Å². The van der Waals surface area contributed by atoms with Crippen molar-refractivity contribution in [2.45, 2.75) is 13.5 Å². The van der Waals surface area contributed by atoms with Crippen molar-refractivity contribution in [2.24, 2.45) is 0 Å². The molecule has 3 heteroatoms. The van der Waals surface area contributed by atoms with Crippen molar-refractivity contribution in [2.75, 3.05) is 5.32 Å². The number of amides is 1. The Morgan fingerprint density at radius 3 is 2.61 bits per heavy atom. The lowest BCUT2D eigenvalue weighted by Crippen LogP contribution is -2.13. The average molecular weight is 241 g/mol. The summed E-state index contributed by atoms with van der Waals surface area (Å²) in [5, 5.41) is 2.67. The SMILES string of the molecule is Cc1cccc(COC(=O)Nc2ccccc2)c1. The van der Waals surface area contributed by atoms with Gasteiger partial charge in [-0.3, -0.25) is 5.32 Å². The number of hydrogen-bond donors (Lipinski definition) is 1. The quantitative estimate of drug-likeness (QED) is 0.888. The molecular weight excluding hydrogens is 226 g/mol. The van der Waals surface area contributed by atoms with Gasteiger partial charge in [0, 0.05) is 5.69 Å². The Balaban J connectivity index is 1.85. The van der Waals surface area contributed by atoms with Gasteiger partial charge in [-0.15, -0.1) is 0 Å². The molecule has 3 nitrogen and oxygen atoms in total. The number of anilines is 1. The minimum absolute atomic E-state index is 0.278. The molecule has 0 heterocycles. The second-order valence-electron chi connectivity index (χ2n) is 4.06. The van der Waals surface area contributed by atoms with Gasteiger partial charge in [0.25, 0.3) is 0 Å². The van der Waals surface area contributed by atoms with Crippen molar-refractivity contribution in [1.82, 2.24) is 0 Å². The smallest absolute Gasteiger partial charge is 0.411 e. The van der Waals surface area contributed by atoms with Crippen LogP contribution < -0.4 is 5.32 Å². The van der Waals surface area contributed by atoms with Gasteiger partial charge in [0.1, 0.15) is 6.61 Å². The first-order valence-corrected chi connectivity index (χ1v) is 5.78. The van der Waals surface area contributed by atoms with Crippen LogP contribution in [0.2, 0.25) is 0 Å². The van der Waals surface area contributed by atoms with Gasteiger partial charge in [0.05, 0.1) is 0 Å². The number of benzene rings is 2.